The molecule has 0 aromatic heterocycles. The zero-order valence-corrected chi connectivity index (χ0v) is 9.42. The summed E-state index contributed by atoms with van der Waals surface area (Å²) in [6.45, 7) is 4.92. The molecule has 0 heterocycles. The molecule has 0 aliphatic carbocycles. The number of hydrogen-bond donors (Lipinski definition) is 1. The maximum absolute atomic E-state index is 10.9. The van der Waals surface area contributed by atoms with Gasteiger partial charge in [-0.2, -0.15) is 0 Å². The van der Waals surface area contributed by atoms with Gasteiger partial charge in [-0.1, -0.05) is 6.58 Å². The van der Waals surface area contributed by atoms with E-state index in [1.165, 1.54) is 0 Å². The van der Waals surface area contributed by atoms with E-state index in [1.54, 1.807) is 6.92 Å². The molecular formula is C11H14O6. The Morgan fingerprint density at radius 2 is 1.94 bits per heavy atom. The third kappa shape index (κ3) is 8.86. The highest BCUT2D eigenvalue weighted by molar-refractivity contribution is 5.90. The summed E-state index contributed by atoms with van der Waals surface area (Å²) in [5, 5.41) is 8.24. The number of esters is 2. The molecule has 0 saturated heterocycles. The third-order valence-corrected chi connectivity index (χ3v) is 1.61. The van der Waals surface area contributed by atoms with Crippen LogP contribution >= 0.6 is 0 Å². The summed E-state index contributed by atoms with van der Waals surface area (Å²) >= 11 is 0. The maximum atomic E-state index is 10.9. The summed E-state index contributed by atoms with van der Waals surface area (Å²) in [6.07, 6.45) is 2.45. The fourth-order valence-corrected chi connectivity index (χ4v) is 0.818. The minimum atomic E-state index is -1.23. The molecule has 0 spiro atoms. The first kappa shape index (κ1) is 14.9. The Kier molecular flexibility index (Phi) is 7.09. The Hall–Kier alpha value is -2.11. The number of carboxylic acids is 1. The second kappa shape index (κ2) is 8.09. The number of carbonyl (C=O) groups is 3. The van der Waals surface area contributed by atoms with Crippen molar-refractivity contribution in [1.82, 2.24) is 0 Å². The monoisotopic (exact) mass is 242 g/mol. The molecule has 6 nitrogen and oxygen atoms in total. The van der Waals surface area contributed by atoms with Gasteiger partial charge in [-0.3, -0.25) is 0 Å². The molecule has 0 bridgehead atoms. The van der Waals surface area contributed by atoms with Crippen molar-refractivity contribution in [2.75, 3.05) is 6.61 Å². The lowest BCUT2D eigenvalue weighted by Crippen LogP contribution is -2.16. The highest BCUT2D eigenvalue weighted by Crippen LogP contribution is 1.99. The SMILES string of the molecule is C=CC(=O)OC(C)CCOC(=O)/C=C\C(=O)O. The standard InChI is InChI=1S/C11H14O6/c1-3-10(14)17-8(2)6-7-16-11(15)5-4-9(12)13/h3-5,8H,1,6-7H2,2H3,(H,12,13)/b5-4-. The molecule has 0 amide bonds. The van der Waals surface area contributed by atoms with E-state index >= 15 is 0 Å². The van der Waals surface area contributed by atoms with E-state index in [0.717, 1.165) is 12.2 Å². The zero-order chi connectivity index (χ0) is 13.3. The normalized spacial score (nSPS) is 11.8. The van der Waals surface area contributed by atoms with Crippen LogP contribution in [0.25, 0.3) is 0 Å². The molecule has 17 heavy (non-hydrogen) atoms. The second-order valence-corrected chi connectivity index (χ2v) is 3.08. The van der Waals surface area contributed by atoms with Gasteiger partial charge < -0.3 is 14.6 Å². The van der Waals surface area contributed by atoms with Crippen molar-refractivity contribution in [3.8, 4) is 0 Å². The van der Waals surface area contributed by atoms with Crippen molar-refractivity contribution >= 4 is 17.9 Å². The van der Waals surface area contributed by atoms with Gasteiger partial charge in [0, 0.05) is 24.6 Å². The molecule has 6 heteroatoms. The van der Waals surface area contributed by atoms with E-state index in [2.05, 4.69) is 11.3 Å². The van der Waals surface area contributed by atoms with Crippen LogP contribution in [0, 0.1) is 0 Å². The maximum Gasteiger partial charge on any atom is 0.331 e. The van der Waals surface area contributed by atoms with E-state index in [4.69, 9.17) is 9.84 Å². The summed E-state index contributed by atoms with van der Waals surface area (Å²) in [5.41, 5.74) is 0. The molecule has 0 aromatic rings. The molecule has 1 unspecified atom stereocenters. The molecule has 0 radical (unpaired) electrons. The van der Waals surface area contributed by atoms with Crippen LogP contribution in [0.3, 0.4) is 0 Å². The van der Waals surface area contributed by atoms with Gasteiger partial charge >= 0.3 is 17.9 Å². The summed E-state index contributed by atoms with van der Waals surface area (Å²) in [6, 6.07) is 0. The number of aliphatic carboxylic acids is 1. The lowest BCUT2D eigenvalue weighted by molar-refractivity contribution is -0.144. The van der Waals surface area contributed by atoms with Gasteiger partial charge in [0.25, 0.3) is 0 Å². The van der Waals surface area contributed by atoms with Crippen LogP contribution in [0.4, 0.5) is 0 Å². The summed E-state index contributed by atoms with van der Waals surface area (Å²) in [4.78, 5) is 31.8. The van der Waals surface area contributed by atoms with E-state index in [0.29, 0.717) is 12.5 Å². The molecule has 1 N–H and O–H groups in total. The van der Waals surface area contributed by atoms with Crippen molar-refractivity contribution < 1.29 is 29.0 Å². The smallest absolute Gasteiger partial charge is 0.331 e. The second-order valence-electron chi connectivity index (χ2n) is 3.08. The van der Waals surface area contributed by atoms with Gasteiger partial charge in [-0.15, -0.1) is 0 Å². The highest BCUT2D eigenvalue weighted by atomic mass is 16.6. The number of carboxylic acid groups (broad SMARTS) is 1. The predicted octanol–water partition coefficient (Wildman–Crippen LogP) is 0.678. The van der Waals surface area contributed by atoms with E-state index < -0.39 is 24.0 Å². The first-order chi connectivity index (χ1) is 7.95. The van der Waals surface area contributed by atoms with Gasteiger partial charge in [0.15, 0.2) is 0 Å². The lowest BCUT2D eigenvalue weighted by Gasteiger charge is -2.11. The average molecular weight is 242 g/mol. The number of rotatable bonds is 7. The van der Waals surface area contributed by atoms with Gasteiger partial charge in [0.05, 0.1) is 6.61 Å². The van der Waals surface area contributed by atoms with Gasteiger partial charge in [0.1, 0.15) is 6.10 Å². The average Bonchev–Trinajstić information content (AvgIpc) is 2.26. The molecule has 94 valence electrons. The highest BCUT2D eigenvalue weighted by Gasteiger charge is 2.07. The molecular weight excluding hydrogens is 228 g/mol. The molecule has 0 rings (SSSR count). The van der Waals surface area contributed by atoms with Crippen LogP contribution < -0.4 is 0 Å². The van der Waals surface area contributed by atoms with Crippen LogP contribution in [-0.2, 0) is 23.9 Å². The van der Waals surface area contributed by atoms with Crippen LogP contribution in [0.15, 0.2) is 24.8 Å². The van der Waals surface area contributed by atoms with E-state index in [1.807, 2.05) is 0 Å². The summed E-state index contributed by atoms with van der Waals surface area (Å²) in [5.74, 6) is -2.53. The first-order valence-corrected chi connectivity index (χ1v) is 4.86. The fraction of sp³-hybridized carbons (Fsp3) is 0.364. The van der Waals surface area contributed by atoms with Gasteiger partial charge in [-0.25, -0.2) is 14.4 Å². The summed E-state index contributed by atoms with van der Waals surface area (Å²) < 4.78 is 9.49. The van der Waals surface area contributed by atoms with Crippen LogP contribution in [0.5, 0.6) is 0 Å². The Morgan fingerprint density at radius 3 is 2.47 bits per heavy atom. The Morgan fingerprint density at radius 1 is 1.29 bits per heavy atom. The predicted molar refractivity (Wildman–Crippen MR) is 58.1 cm³/mol. The largest absolute Gasteiger partial charge is 0.478 e. The zero-order valence-electron chi connectivity index (χ0n) is 9.42. The first-order valence-electron chi connectivity index (χ1n) is 4.86. The van der Waals surface area contributed by atoms with E-state index in [-0.39, 0.29) is 6.61 Å². The molecule has 1 atom stereocenters. The molecule has 0 saturated carbocycles. The quantitative estimate of drug-likeness (QED) is 0.521. The number of carbonyl (C=O) groups excluding carboxylic acids is 2. The van der Waals surface area contributed by atoms with Crippen molar-refractivity contribution in [2.24, 2.45) is 0 Å². The summed E-state index contributed by atoms with van der Waals surface area (Å²) in [7, 11) is 0. The Balaban J connectivity index is 3.76. The van der Waals surface area contributed by atoms with Crippen LogP contribution in [0.1, 0.15) is 13.3 Å². The minimum absolute atomic E-state index is 0.0361. The lowest BCUT2D eigenvalue weighted by atomic mass is 10.3. The molecule has 0 aromatic carbocycles. The van der Waals surface area contributed by atoms with Crippen LogP contribution in [-0.4, -0.2) is 35.7 Å². The third-order valence-electron chi connectivity index (χ3n) is 1.61. The van der Waals surface area contributed by atoms with E-state index in [9.17, 15) is 14.4 Å². The van der Waals surface area contributed by atoms with Crippen LogP contribution in [0.2, 0.25) is 0 Å². The Bertz CT molecular complexity index is 331. The minimum Gasteiger partial charge on any atom is -0.478 e. The van der Waals surface area contributed by atoms with Crippen molar-refractivity contribution in [2.45, 2.75) is 19.4 Å². The number of hydrogen-bond acceptors (Lipinski definition) is 5. The van der Waals surface area contributed by atoms with Gasteiger partial charge in [0.2, 0.25) is 0 Å². The molecule has 0 aliphatic rings. The van der Waals surface area contributed by atoms with Crippen molar-refractivity contribution in [1.29, 1.82) is 0 Å². The van der Waals surface area contributed by atoms with Crippen molar-refractivity contribution in [3.63, 3.8) is 0 Å². The molecule has 0 fully saturated rings. The fourth-order valence-electron chi connectivity index (χ4n) is 0.818. The Labute approximate surface area is 98.5 Å². The van der Waals surface area contributed by atoms with Crippen molar-refractivity contribution in [3.05, 3.63) is 24.8 Å². The number of ether oxygens (including phenoxy) is 2. The van der Waals surface area contributed by atoms with Gasteiger partial charge in [-0.05, 0) is 6.92 Å². The topological polar surface area (TPSA) is 89.9 Å². The molecule has 0 aliphatic heterocycles.